The molecule has 1 aliphatic heterocycles. The zero-order valence-corrected chi connectivity index (χ0v) is 23.1. The molecule has 1 aliphatic carbocycles. The number of halogens is 1. The molecular weight excluding hydrogens is 537 g/mol. The lowest BCUT2D eigenvalue weighted by Crippen LogP contribution is -2.47. The average molecular weight is 566 g/mol. The maximum absolute atomic E-state index is 13.5. The third-order valence-corrected chi connectivity index (χ3v) is 7.79. The Kier molecular flexibility index (Phi) is 5.99. The number of rotatable bonds is 5. The lowest BCUT2D eigenvalue weighted by atomic mass is 10.1. The molecule has 0 radical (unpaired) electrons. The molecule has 7 rings (SSSR count). The van der Waals surface area contributed by atoms with Gasteiger partial charge in [0.25, 0.3) is 5.91 Å². The van der Waals surface area contributed by atoms with Gasteiger partial charge in [-0.05, 0) is 44.9 Å². The van der Waals surface area contributed by atoms with E-state index >= 15 is 0 Å². The van der Waals surface area contributed by atoms with Gasteiger partial charge in [0.1, 0.15) is 11.5 Å². The van der Waals surface area contributed by atoms with Gasteiger partial charge in [0.05, 0.1) is 24.1 Å². The summed E-state index contributed by atoms with van der Waals surface area (Å²) in [5, 5.41) is 10.7. The molecule has 1 fully saturated rings. The molecule has 0 unspecified atom stereocenters. The quantitative estimate of drug-likeness (QED) is 0.304. The third-order valence-electron chi connectivity index (χ3n) is 7.79. The Morgan fingerprint density at radius 3 is 2.60 bits per heavy atom. The lowest BCUT2D eigenvalue weighted by Gasteiger charge is -2.29. The standard InChI is InChI=1S/C30H28FN9O2/c1-18-3-5-19(6-4-18)26-27(39-14-13-38(17-25(39)35-26)29(42)36-30(2)10-11-30)21-7-8-24-33-23(16-40(24)37-21)34-28(41)20-9-12-32-22(31)15-20/h3-9,12,15-16H,10-11,13-14,17H2,1-2H3,(H,34,41)(H,36,42). The largest absolute Gasteiger partial charge is 0.333 e. The molecule has 3 amide bonds. The topological polar surface area (TPSA) is 122 Å². The minimum absolute atomic E-state index is 0.0651. The number of aryl methyl sites for hydroxylation is 1. The number of fused-ring (bicyclic) bond motifs is 2. The molecule has 5 aromatic rings. The van der Waals surface area contributed by atoms with Crippen LogP contribution in [0.5, 0.6) is 0 Å². The van der Waals surface area contributed by atoms with Crippen molar-refractivity contribution in [1.82, 2.24) is 39.3 Å². The van der Waals surface area contributed by atoms with Crippen molar-refractivity contribution in [2.24, 2.45) is 0 Å². The number of carbonyl (C=O) groups is 2. The van der Waals surface area contributed by atoms with Crippen molar-refractivity contribution in [2.75, 3.05) is 11.9 Å². The molecule has 0 saturated heterocycles. The highest BCUT2D eigenvalue weighted by molar-refractivity contribution is 6.03. The molecule has 2 aliphatic rings. The van der Waals surface area contributed by atoms with Crippen molar-refractivity contribution >= 4 is 23.4 Å². The highest BCUT2D eigenvalue weighted by Crippen LogP contribution is 2.36. The number of hydrogen-bond acceptors (Lipinski definition) is 6. The number of nitrogens with one attached hydrogen (secondary N) is 2. The van der Waals surface area contributed by atoms with E-state index in [4.69, 9.17) is 10.1 Å². The van der Waals surface area contributed by atoms with Crippen LogP contribution in [0.4, 0.5) is 15.0 Å². The van der Waals surface area contributed by atoms with E-state index in [9.17, 15) is 14.0 Å². The molecule has 1 aromatic carbocycles. The molecule has 2 N–H and O–H groups in total. The van der Waals surface area contributed by atoms with Gasteiger partial charge in [0.15, 0.2) is 11.5 Å². The number of hydrogen-bond donors (Lipinski definition) is 2. The number of aromatic nitrogens is 6. The maximum atomic E-state index is 13.5. The van der Waals surface area contributed by atoms with Crippen LogP contribution >= 0.6 is 0 Å². The number of pyridine rings is 1. The molecule has 0 bridgehead atoms. The van der Waals surface area contributed by atoms with Gasteiger partial charge < -0.3 is 20.1 Å². The zero-order valence-electron chi connectivity index (χ0n) is 23.1. The summed E-state index contributed by atoms with van der Waals surface area (Å²) in [4.78, 5) is 40.4. The average Bonchev–Trinajstić information content (AvgIpc) is 3.38. The van der Waals surface area contributed by atoms with E-state index in [1.165, 1.54) is 12.3 Å². The molecule has 1 saturated carbocycles. The Balaban J connectivity index is 1.23. The first kappa shape index (κ1) is 25.8. The number of nitrogens with zero attached hydrogens (tertiary/aromatic N) is 7. The smallest absolute Gasteiger partial charge is 0.318 e. The number of benzene rings is 1. The van der Waals surface area contributed by atoms with E-state index in [1.807, 2.05) is 48.2 Å². The van der Waals surface area contributed by atoms with Crippen LogP contribution in [-0.4, -0.2) is 58.1 Å². The molecule has 4 aromatic heterocycles. The van der Waals surface area contributed by atoms with Crippen molar-refractivity contribution in [2.45, 2.75) is 45.3 Å². The molecule has 12 heteroatoms. The van der Waals surface area contributed by atoms with Gasteiger partial charge in [0, 0.05) is 42.0 Å². The van der Waals surface area contributed by atoms with Gasteiger partial charge in [0.2, 0.25) is 5.95 Å². The number of amides is 3. The summed E-state index contributed by atoms with van der Waals surface area (Å²) < 4.78 is 17.2. The van der Waals surface area contributed by atoms with Gasteiger partial charge in [-0.1, -0.05) is 29.8 Å². The summed E-state index contributed by atoms with van der Waals surface area (Å²) >= 11 is 0. The minimum Gasteiger partial charge on any atom is -0.333 e. The van der Waals surface area contributed by atoms with Crippen molar-refractivity contribution in [3.8, 4) is 22.6 Å². The van der Waals surface area contributed by atoms with Crippen LogP contribution in [0.3, 0.4) is 0 Å². The maximum Gasteiger partial charge on any atom is 0.318 e. The monoisotopic (exact) mass is 565 g/mol. The summed E-state index contributed by atoms with van der Waals surface area (Å²) in [6.45, 7) is 5.61. The Morgan fingerprint density at radius 2 is 1.83 bits per heavy atom. The number of anilines is 1. The Hall–Kier alpha value is -5.13. The highest BCUT2D eigenvalue weighted by Gasteiger charge is 2.40. The normalized spacial score (nSPS) is 15.4. The molecule has 212 valence electrons. The zero-order chi connectivity index (χ0) is 29.0. The van der Waals surface area contributed by atoms with Crippen molar-refractivity contribution < 1.29 is 14.0 Å². The molecule has 0 atom stereocenters. The summed E-state index contributed by atoms with van der Waals surface area (Å²) in [5.41, 5.74) is 4.95. The number of urea groups is 1. The van der Waals surface area contributed by atoms with E-state index in [-0.39, 0.29) is 23.0 Å². The van der Waals surface area contributed by atoms with Crippen LogP contribution in [0.25, 0.3) is 28.3 Å². The first-order chi connectivity index (χ1) is 20.2. The number of imidazole rings is 2. The van der Waals surface area contributed by atoms with Gasteiger partial charge in [-0.3, -0.25) is 4.79 Å². The second kappa shape index (κ2) is 9.75. The van der Waals surface area contributed by atoms with Crippen LogP contribution in [0, 0.1) is 12.9 Å². The SMILES string of the molecule is Cc1ccc(-c2nc3n(c2-c2ccc4nc(NC(=O)c5ccnc(F)c5)cn4n2)CCN(C(=O)NC2(C)CC2)C3)cc1. The van der Waals surface area contributed by atoms with Crippen LogP contribution in [0.1, 0.15) is 41.5 Å². The second-order valence-electron chi connectivity index (χ2n) is 11.1. The number of carbonyl (C=O) groups excluding carboxylic acids is 2. The highest BCUT2D eigenvalue weighted by atomic mass is 19.1. The van der Waals surface area contributed by atoms with E-state index in [1.54, 1.807) is 10.7 Å². The fourth-order valence-corrected chi connectivity index (χ4v) is 5.13. The van der Waals surface area contributed by atoms with Crippen LogP contribution in [0.2, 0.25) is 0 Å². The molecule has 5 heterocycles. The van der Waals surface area contributed by atoms with Gasteiger partial charge in [-0.25, -0.2) is 24.3 Å². The van der Waals surface area contributed by atoms with Crippen LogP contribution in [0.15, 0.2) is 60.9 Å². The molecular formula is C30H28FN9O2. The fourth-order valence-electron chi connectivity index (χ4n) is 5.13. The molecule has 0 spiro atoms. The van der Waals surface area contributed by atoms with Crippen molar-refractivity contribution in [3.05, 3.63) is 83.8 Å². The first-order valence-corrected chi connectivity index (χ1v) is 13.8. The first-order valence-electron chi connectivity index (χ1n) is 13.8. The molecule has 42 heavy (non-hydrogen) atoms. The van der Waals surface area contributed by atoms with Gasteiger partial charge >= 0.3 is 6.03 Å². The van der Waals surface area contributed by atoms with E-state index < -0.39 is 11.9 Å². The summed E-state index contributed by atoms with van der Waals surface area (Å²) in [5.74, 6) is -0.177. The third kappa shape index (κ3) is 4.84. The lowest BCUT2D eigenvalue weighted by molar-refractivity contribution is 0.102. The van der Waals surface area contributed by atoms with Gasteiger partial charge in [-0.15, -0.1) is 0 Å². The predicted molar refractivity (Wildman–Crippen MR) is 153 cm³/mol. The fraction of sp³-hybridized carbons (Fsp3) is 0.267. The van der Waals surface area contributed by atoms with Crippen molar-refractivity contribution in [3.63, 3.8) is 0 Å². The summed E-state index contributed by atoms with van der Waals surface area (Å²) in [6, 6.07) is 14.3. The minimum atomic E-state index is -0.738. The van der Waals surface area contributed by atoms with Crippen LogP contribution < -0.4 is 10.6 Å². The van der Waals surface area contributed by atoms with Gasteiger partial charge in [-0.2, -0.15) is 9.49 Å². The van der Waals surface area contributed by atoms with Crippen molar-refractivity contribution in [1.29, 1.82) is 0 Å². The Labute approximate surface area is 240 Å². The van der Waals surface area contributed by atoms with E-state index in [0.717, 1.165) is 47.2 Å². The summed E-state index contributed by atoms with van der Waals surface area (Å²) in [6.07, 6.45) is 4.84. The summed E-state index contributed by atoms with van der Waals surface area (Å²) in [7, 11) is 0. The Bertz CT molecular complexity index is 1860. The van der Waals surface area contributed by atoms with Crippen LogP contribution in [-0.2, 0) is 13.1 Å². The van der Waals surface area contributed by atoms with E-state index in [2.05, 4.69) is 32.1 Å². The predicted octanol–water partition coefficient (Wildman–Crippen LogP) is 4.43. The van der Waals surface area contributed by atoms with E-state index in [0.29, 0.717) is 31.0 Å². The second-order valence-corrected chi connectivity index (χ2v) is 11.1. The Morgan fingerprint density at radius 1 is 1.02 bits per heavy atom. The molecule has 11 nitrogen and oxygen atoms in total.